The van der Waals surface area contributed by atoms with E-state index in [0.717, 1.165) is 5.57 Å². The summed E-state index contributed by atoms with van der Waals surface area (Å²) in [6.07, 6.45) is 0. The predicted octanol–water partition coefficient (Wildman–Crippen LogP) is 1.67. The fraction of sp³-hybridized carbons (Fsp3) is 0.600. The summed E-state index contributed by atoms with van der Waals surface area (Å²) in [5.74, 6) is 0. The molecule has 0 heterocycles. The molecule has 0 spiro atoms. The average molecular weight is 151 g/mol. The van der Waals surface area contributed by atoms with Crippen molar-refractivity contribution >= 4 is 19.4 Å². The second kappa shape index (κ2) is 4.12. The van der Waals surface area contributed by atoms with E-state index in [1.165, 1.54) is 0 Å². The fourth-order valence-corrected chi connectivity index (χ4v) is 0.960. The number of rotatable bonds is 3. The zero-order valence-corrected chi connectivity index (χ0v) is 7.19. The monoisotopic (exact) mass is 150 g/mol. The summed E-state index contributed by atoms with van der Waals surface area (Å²) in [4.78, 5) is 0. The Morgan fingerprint density at radius 3 is 2.50 bits per heavy atom. The van der Waals surface area contributed by atoms with Crippen LogP contribution in [0.2, 0.25) is 6.55 Å². The molecule has 3 heteroatoms. The van der Waals surface area contributed by atoms with Crippen molar-refractivity contribution in [3.8, 4) is 0 Å². The molecule has 0 aromatic heterocycles. The number of halogens is 1. The summed E-state index contributed by atoms with van der Waals surface area (Å²) in [6, 6.07) is 0. The van der Waals surface area contributed by atoms with E-state index in [-0.39, 0.29) is 0 Å². The van der Waals surface area contributed by atoms with Gasteiger partial charge in [-0.1, -0.05) is 12.2 Å². The molecule has 0 saturated carbocycles. The minimum Gasteiger partial charge on any atom is -0.402 e. The van der Waals surface area contributed by atoms with Crippen molar-refractivity contribution in [2.24, 2.45) is 0 Å². The standard InChI is InChI=1S/C5H11ClOSi/c1-5(2)4-7-8(3)6/h8H,1,4H2,2-3H3. The number of hydrogen-bond donors (Lipinski definition) is 0. The molecule has 1 unspecified atom stereocenters. The third-order valence-corrected chi connectivity index (χ3v) is 1.56. The Labute approximate surface area is 56.7 Å². The van der Waals surface area contributed by atoms with Gasteiger partial charge >= 0.3 is 0 Å². The second-order valence-electron chi connectivity index (χ2n) is 1.81. The smallest absolute Gasteiger partial charge is 0.271 e. The van der Waals surface area contributed by atoms with Crippen molar-refractivity contribution in [2.45, 2.75) is 13.5 Å². The topological polar surface area (TPSA) is 9.23 Å². The van der Waals surface area contributed by atoms with Gasteiger partial charge < -0.3 is 4.43 Å². The molecule has 0 radical (unpaired) electrons. The van der Waals surface area contributed by atoms with Crippen LogP contribution in [0.25, 0.3) is 0 Å². The van der Waals surface area contributed by atoms with Gasteiger partial charge in [0.1, 0.15) is 0 Å². The lowest BCUT2D eigenvalue weighted by Crippen LogP contribution is -2.05. The lowest BCUT2D eigenvalue weighted by atomic mass is 10.4. The second-order valence-corrected chi connectivity index (χ2v) is 5.07. The van der Waals surface area contributed by atoms with Crippen LogP contribution in [0.3, 0.4) is 0 Å². The molecule has 0 saturated heterocycles. The van der Waals surface area contributed by atoms with Gasteiger partial charge in [0.2, 0.25) is 0 Å². The maximum Gasteiger partial charge on any atom is 0.271 e. The molecule has 0 bridgehead atoms. The first-order valence-corrected chi connectivity index (χ1v) is 5.90. The Morgan fingerprint density at radius 2 is 2.38 bits per heavy atom. The van der Waals surface area contributed by atoms with Gasteiger partial charge in [-0.2, -0.15) is 0 Å². The van der Waals surface area contributed by atoms with Gasteiger partial charge in [0, 0.05) is 0 Å². The maximum atomic E-state index is 5.60. The van der Waals surface area contributed by atoms with Gasteiger partial charge in [-0.3, -0.25) is 0 Å². The summed E-state index contributed by atoms with van der Waals surface area (Å²) in [6.45, 7) is 8.13. The van der Waals surface area contributed by atoms with Crippen LogP contribution in [0, 0.1) is 0 Å². The van der Waals surface area contributed by atoms with Crippen LogP contribution in [0.5, 0.6) is 0 Å². The van der Waals surface area contributed by atoms with Crippen molar-refractivity contribution in [3.05, 3.63) is 12.2 Å². The quantitative estimate of drug-likeness (QED) is 0.338. The van der Waals surface area contributed by atoms with Crippen LogP contribution in [0.15, 0.2) is 12.2 Å². The van der Waals surface area contributed by atoms with Gasteiger partial charge in [-0.05, 0) is 13.5 Å². The third-order valence-electron chi connectivity index (χ3n) is 0.559. The van der Waals surface area contributed by atoms with Crippen molar-refractivity contribution in [3.63, 3.8) is 0 Å². The van der Waals surface area contributed by atoms with Gasteiger partial charge in [0.25, 0.3) is 8.35 Å². The fourth-order valence-electron chi connectivity index (χ4n) is 0.257. The molecule has 0 aliphatic heterocycles. The highest BCUT2D eigenvalue weighted by molar-refractivity contribution is 7.02. The minimum atomic E-state index is -1.32. The highest BCUT2D eigenvalue weighted by atomic mass is 35.6. The molecule has 0 aromatic carbocycles. The highest BCUT2D eigenvalue weighted by Gasteiger charge is 1.95. The van der Waals surface area contributed by atoms with Crippen LogP contribution in [-0.4, -0.2) is 15.0 Å². The van der Waals surface area contributed by atoms with E-state index in [9.17, 15) is 0 Å². The Bertz CT molecular complexity index is 82.5. The molecular weight excluding hydrogens is 140 g/mol. The van der Waals surface area contributed by atoms with Crippen LogP contribution in [-0.2, 0) is 4.43 Å². The summed E-state index contributed by atoms with van der Waals surface area (Å²) in [7, 11) is -1.32. The van der Waals surface area contributed by atoms with E-state index in [4.69, 9.17) is 15.5 Å². The molecule has 1 atom stereocenters. The molecule has 0 aliphatic rings. The van der Waals surface area contributed by atoms with Gasteiger partial charge in [-0.25, -0.2) is 0 Å². The van der Waals surface area contributed by atoms with E-state index in [2.05, 4.69) is 6.58 Å². The SMILES string of the molecule is C=C(C)CO[SiH](C)Cl. The molecule has 0 rings (SSSR count). The van der Waals surface area contributed by atoms with E-state index in [1.807, 2.05) is 13.5 Å². The normalized spacial score (nSPS) is 13.4. The molecule has 0 amide bonds. The van der Waals surface area contributed by atoms with Crippen LogP contribution in [0.1, 0.15) is 6.92 Å². The van der Waals surface area contributed by atoms with E-state index < -0.39 is 8.35 Å². The van der Waals surface area contributed by atoms with E-state index >= 15 is 0 Å². The largest absolute Gasteiger partial charge is 0.402 e. The summed E-state index contributed by atoms with van der Waals surface area (Å²) in [5.41, 5.74) is 1.03. The zero-order valence-electron chi connectivity index (χ0n) is 5.28. The Hall–Kier alpha value is 0.207. The third kappa shape index (κ3) is 6.21. The zero-order chi connectivity index (χ0) is 6.57. The van der Waals surface area contributed by atoms with Gasteiger partial charge in [-0.15, -0.1) is 11.1 Å². The summed E-state index contributed by atoms with van der Waals surface area (Å²) in [5, 5.41) is 0. The number of hydrogen-bond acceptors (Lipinski definition) is 1. The summed E-state index contributed by atoms with van der Waals surface area (Å²) < 4.78 is 5.11. The molecule has 0 N–H and O–H groups in total. The lowest BCUT2D eigenvalue weighted by Gasteiger charge is -2.01. The maximum absolute atomic E-state index is 5.60. The van der Waals surface area contributed by atoms with E-state index in [1.54, 1.807) is 0 Å². The summed E-state index contributed by atoms with van der Waals surface area (Å²) >= 11 is 5.60. The Balaban J connectivity index is 3.05. The van der Waals surface area contributed by atoms with Crippen molar-refractivity contribution in [1.29, 1.82) is 0 Å². The Morgan fingerprint density at radius 1 is 1.88 bits per heavy atom. The van der Waals surface area contributed by atoms with E-state index in [0.29, 0.717) is 6.61 Å². The molecular formula is C5H11ClOSi. The minimum absolute atomic E-state index is 0.622. The average Bonchev–Trinajstić information content (AvgIpc) is 1.61. The Kier molecular flexibility index (Phi) is 4.23. The lowest BCUT2D eigenvalue weighted by molar-refractivity contribution is 0.372. The van der Waals surface area contributed by atoms with Gasteiger partial charge in [0.15, 0.2) is 0 Å². The van der Waals surface area contributed by atoms with Crippen molar-refractivity contribution in [1.82, 2.24) is 0 Å². The highest BCUT2D eigenvalue weighted by Crippen LogP contribution is 1.94. The molecule has 8 heavy (non-hydrogen) atoms. The molecule has 48 valence electrons. The molecule has 0 aromatic rings. The first-order valence-electron chi connectivity index (χ1n) is 2.53. The first-order chi connectivity index (χ1) is 3.63. The van der Waals surface area contributed by atoms with Crippen molar-refractivity contribution in [2.75, 3.05) is 6.61 Å². The molecule has 0 fully saturated rings. The first kappa shape index (κ1) is 8.21. The molecule has 1 nitrogen and oxygen atoms in total. The van der Waals surface area contributed by atoms with Crippen molar-refractivity contribution < 1.29 is 4.43 Å². The molecule has 0 aliphatic carbocycles. The predicted molar refractivity (Wildman–Crippen MR) is 39.6 cm³/mol. The van der Waals surface area contributed by atoms with Crippen LogP contribution >= 0.6 is 11.1 Å². The van der Waals surface area contributed by atoms with Gasteiger partial charge in [0.05, 0.1) is 6.61 Å². The van der Waals surface area contributed by atoms with Crippen LogP contribution < -0.4 is 0 Å². The van der Waals surface area contributed by atoms with Crippen LogP contribution in [0.4, 0.5) is 0 Å².